The first-order valence-electron chi connectivity index (χ1n) is 7.32. The van der Waals surface area contributed by atoms with Gasteiger partial charge in [-0.2, -0.15) is 0 Å². The van der Waals surface area contributed by atoms with Crippen molar-refractivity contribution >= 4 is 11.6 Å². The lowest BCUT2D eigenvalue weighted by atomic mass is 9.82. The number of benzene rings is 2. The van der Waals surface area contributed by atoms with E-state index in [2.05, 4.69) is 0 Å². The lowest BCUT2D eigenvalue weighted by molar-refractivity contribution is 0.0973. The largest absolute Gasteiger partial charge is 0.497 e. The third kappa shape index (κ3) is 2.23. The Morgan fingerprint density at radius 2 is 1.38 bits per heavy atom. The summed E-state index contributed by atoms with van der Waals surface area (Å²) in [6, 6.07) is 6.43. The maximum absolute atomic E-state index is 13.0. The number of hydrogen-bond acceptors (Lipinski definition) is 6. The predicted molar refractivity (Wildman–Crippen MR) is 87.3 cm³/mol. The van der Waals surface area contributed by atoms with Gasteiger partial charge in [0.05, 0.1) is 32.5 Å². The maximum atomic E-state index is 13.0. The van der Waals surface area contributed by atoms with Gasteiger partial charge in [0.25, 0.3) is 0 Å². The van der Waals surface area contributed by atoms with Crippen molar-refractivity contribution in [3.8, 4) is 17.2 Å². The summed E-state index contributed by atoms with van der Waals surface area (Å²) in [5.74, 6) is 0.454. The third-order valence-corrected chi connectivity index (χ3v) is 4.09. The van der Waals surface area contributed by atoms with E-state index < -0.39 is 0 Å². The zero-order valence-corrected chi connectivity index (χ0v) is 13.6. The van der Waals surface area contributed by atoms with Gasteiger partial charge < -0.3 is 19.9 Å². The van der Waals surface area contributed by atoms with Crippen LogP contribution in [0.5, 0.6) is 17.2 Å². The summed E-state index contributed by atoms with van der Waals surface area (Å²) in [5, 5.41) is 0. The van der Waals surface area contributed by atoms with Gasteiger partial charge in [0.2, 0.25) is 5.78 Å². The van der Waals surface area contributed by atoms with E-state index in [1.165, 1.54) is 21.3 Å². The fraction of sp³-hybridized carbons (Fsp3) is 0.222. The summed E-state index contributed by atoms with van der Waals surface area (Å²) in [5.41, 5.74) is 7.37. The highest BCUT2D eigenvalue weighted by Gasteiger charge is 2.35. The van der Waals surface area contributed by atoms with Gasteiger partial charge >= 0.3 is 0 Å². The average Bonchev–Trinajstić information content (AvgIpc) is 2.63. The molecule has 0 bridgehead atoms. The molecule has 0 fully saturated rings. The Bertz CT molecular complexity index is 789. The van der Waals surface area contributed by atoms with Gasteiger partial charge in [-0.3, -0.25) is 9.59 Å². The molecule has 0 amide bonds. The van der Waals surface area contributed by atoms with E-state index in [1.54, 1.807) is 24.3 Å². The second-order valence-corrected chi connectivity index (χ2v) is 5.34. The molecule has 1 aliphatic carbocycles. The highest BCUT2D eigenvalue weighted by atomic mass is 16.5. The molecule has 124 valence electrons. The third-order valence-electron chi connectivity index (χ3n) is 4.09. The Balaban J connectivity index is 2.33. The van der Waals surface area contributed by atoms with Crippen LogP contribution in [-0.4, -0.2) is 32.9 Å². The maximum Gasteiger partial charge on any atom is 0.201 e. The molecule has 0 radical (unpaired) electrons. The van der Waals surface area contributed by atoms with Gasteiger partial charge in [-0.05, 0) is 23.8 Å². The van der Waals surface area contributed by atoms with Crippen molar-refractivity contribution in [2.24, 2.45) is 5.73 Å². The topological polar surface area (TPSA) is 87.8 Å². The Morgan fingerprint density at radius 3 is 1.92 bits per heavy atom. The van der Waals surface area contributed by atoms with Crippen LogP contribution in [0.4, 0.5) is 0 Å². The van der Waals surface area contributed by atoms with Crippen LogP contribution in [0.2, 0.25) is 0 Å². The molecule has 2 N–H and O–H groups in total. The smallest absolute Gasteiger partial charge is 0.201 e. The summed E-state index contributed by atoms with van der Waals surface area (Å²) in [4.78, 5) is 26.0. The molecule has 0 saturated heterocycles. The van der Waals surface area contributed by atoms with Gasteiger partial charge in [0, 0.05) is 23.7 Å². The van der Waals surface area contributed by atoms with Gasteiger partial charge in [0.15, 0.2) is 5.78 Å². The number of carbonyl (C=O) groups is 2. The van der Waals surface area contributed by atoms with Gasteiger partial charge in [-0.1, -0.05) is 0 Å². The van der Waals surface area contributed by atoms with Crippen LogP contribution < -0.4 is 19.9 Å². The first-order valence-corrected chi connectivity index (χ1v) is 7.32. The Morgan fingerprint density at radius 1 is 0.792 bits per heavy atom. The van der Waals surface area contributed by atoms with E-state index in [-0.39, 0.29) is 40.4 Å². The summed E-state index contributed by atoms with van der Waals surface area (Å²) in [7, 11) is 4.38. The molecule has 6 heteroatoms. The van der Waals surface area contributed by atoms with Crippen LogP contribution in [0.25, 0.3) is 0 Å². The highest BCUT2D eigenvalue weighted by Crippen LogP contribution is 2.40. The Hall–Kier alpha value is -2.86. The number of ether oxygens (including phenoxy) is 3. The molecule has 3 rings (SSSR count). The minimum Gasteiger partial charge on any atom is -0.497 e. The number of carbonyl (C=O) groups excluding carboxylic acids is 2. The van der Waals surface area contributed by atoms with E-state index in [1.807, 2.05) is 0 Å². The van der Waals surface area contributed by atoms with Crippen LogP contribution in [0.3, 0.4) is 0 Å². The summed E-state index contributed by atoms with van der Waals surface area (Å²) >= 11 is 0. The van der Waals surface area contributed by atoms with Crippen LogP contribution in [0.1, 0.15) is 37.4 Å². The highest BCUT2D eigenvalue weighted by molar-refractivity contribution is 6.30. The molecule has 0 heterocycles. The molecule has 0 atom stereocenters. The van der Waals surface area contributed by atoms with Crippen molar-refractivity contribution < 1.29 is 23.8 Å². The fourth-order valence-electron chi connectivity index (χ4n) is 2.92. The van der Waals surface area contributed by atoms with Gasteiger partial charge in [-0.25, -0.2) is 0 Å². The van der Waals surface area contributed by atoms with E-state index in [4.69, 9.17) is 19.9 Å². The average molecular weight is 327 g/mol. The zero-order chi connectivity index (χ0) is 17.4. The Labute approximate surface area is 139 Å². The first kappa shape index (κ1) is 16.0. The number of methoxy groups -OCH3 is 3. The normalized spacial score (nSPS) is 12.5. The predicted octanol–water partition coefficient (Wildman–Crippen LogP) is 1.95. The summed E-state index contributed by atoms with van der Waals surface area (Å²) in [6.45, 7) is 0.236. The lowest BCUT2D eigenvalue weighted by Gasteiger charge is -2.22. The minimum atomic E-state index is -0.320. The minimum absolute atomic E-state index is 0.217. The molecule has 0 saturated carbocycles. The Kier molecular flexibility index (Phi) is 3.99. The van der Waals surface area contributed by atoms with Crippen molar-refractivity contribution in [1.29, 1.82) is 0 Å². The van der Waals surface area contributed by atoms with Crippen molar-refractivity contribution in [2.75, 3.05) is 21.3 Å². The number of hydrogen-bond donors (Lipinski definition) is 1. The van der Waals surface area contributed by atoms with Crippen molar-refractivity contribution in [3.05, 3.63) is 52.1 Å². The van der Waals surface area contributed by atoms with E-state index in [0.29, 0.717) is 22.8 Å². The fourth-order valence-corrected chi connectivity index (χ4v) is 2.92. The molecule has 0 unspecified atom stereocenters. The van der Waals surface area contributed by atoms with Crippen LogP contribution in [0, 0.1) is 0 Å². The lowest BCUT2D eigenvalue weighted by Crippen LogP contribution is -2.23. The van der Waals surface area contributed by atoms with Crippen molar-refractivity contribution in [2.45, 2.75) is 6.54 Å². The monoisotopic (exact) mass is 327 g/mol. The first-order chi connectivity index (χ1) is 11.5. The number of fused-ring (bicyclic) bond motifs is 2. The number of rotatable bonds is 4. The van der Waals surface area contributed by atoms with E-state index in [0.717, 1.165) is 0 Å². The molecule has 6 nitrogen and oxygen atoms in total. The summed E-state index contributed by atoms with van der Waals surface area (Å²) in [6.07, 6.45) is 0. The molecule has 1 aliphatic rings. The molecule has 24 heavy (non-hydrogen) atoms. The second kappa shape index (κ2) is 5.98. The molecule has 2 aromatic rings. The van der Waals surface area contributed by atoms with E-state index in [9.17, 15) is 9.59 Å². The SMILES string of the molecule is COc1cc(OC)c2c(c1)C(=O)c1cc(CN)cc(OC)c1C2=O. The quantitative estimate of drug-likeness (QED) is 0.788. The second-order valence-electron chi connectivity index (χ2n) is 5.34. The summed E-state index contributed by atoms with van der Waals surface area (Å²) < 4.78 is 15.8. The molecule has 0 aromatic heterocycles. The van der Waals surface area contributed by atoms with Crippen molar-refractivity contribution in [3.63, 3.8) is 0 Å². The standard InChI is InChI=1S/C18H17NO5/c1-22-10-6-12-16(14(7-10)24-3)18(21)15-11(17(12)20)4-9(8-19)5-13(15)23-2/h4-7H,8,19H2,1-3H3. The van der Waals surface area contributed by atoms with Crippen LogP contribution in [-0.2, 0) is 6.54 Å². The molecular weight excluding hydrogens is 310 g/mol. The molecular formula is C18H17NO5. The molecule has 0 spiro atoms. The van der Waals surface area contributed by atoms with Crippen LogP contribution >= 0.6 is 0 Å². The van der Waals surface area contributed by atoms with Crippen LogP contribution in [0.15, 0.2) is 24.3 Å². The van der Waals surface area contributed by atoms with Crippen molar-refractivity contribution in [1.82, 2.24) is 0 Å². The van der Waals surface area contributed by atoms with E-state index >= 15 is 0 Å². The van der Waals surface area contributed by atoms with Gasteiger partial charge in [0.1, 0.15) is 17.2 Å². The number of ketones is 2. The molecule has 0 aliphatic heterocycles. The van der Waals surface area contributed by atoms with Gasteiger partial charge in [-0.15, -0.1) is 0 Å². The molecule has 2 aromatic carbocycles. The zero-order valence-electron chi connectivity index (χ0n) is 13.6. The number of nitrogens with two attached hydrogens (primary N) is 1.